The minimum absolute atomic E-state index is 0.140. The molecule has 0 fully saturated rings. The minimum Gasteiger partial charge on any atom is -0.465 e. The molecule has 26 heavy (non-hydrogen) atoms. The number of nitrogen functional groups attached to an aromatic ring is 1. The molecule has 1 aromatic carbocycles. The Labute approximate surface area is 149 Å². The zero-order chi connectivity index (χ0) is 18.7. The van der Waals surface area contributed by atoms with E-state index in [0.717, 1.165) is 22.1 Å². The third-order valence-corrected chi connectivity index (χ3v) is 3.74. The van der Waals surface area contributed by atoms with E-state index in [4.69, 9.17) is 15.7 Å². The summed E-state index contributed by atoms with van der Waals surface area (Å²) < 4.78 is 1.90. The molecule has 4 N–H and O–H groups in total. The predicted molar refractivity (Wildman–Crippen MR) is 99.0 cm³/mol. The van der Waals surface area contributed by atoms with Crippen LogP contribution in [0, 0.1) is 0 Å². The highest BCUT2D eigenvalue weighted by molar-refractivity contribution is 6.06. The van der Waals surface area contributed by atoms with E-state index in [1.807, 2.05) is 42.7 Å². The molecule has 9 heteroatoms. The minimum atomic E-state index is -1.08. The summed E-state index contributed by atoms with van der Waals surface area (Å²) in [6.07, 6.45) is -1.08. The molecule has 0 unspecified atom stereocenters. The maximum atomic E-state index is 10.8. The van der Waals surface area contributed by atoms with Crippen molar-refractivity contribution in [3.63, 3.8) is 0 Å². The smallest absolute Gasteiger partial charge is 0.404 e. The van der Waals surface area contributed by atoms with Crippen LogP contribution in [0.5, 0.6) is 0 Å². The van der Waals surface area contributed by atoms with Crippen molar-refractivity contribution in [1.82, 2.24) is 19.9 Å². The molecular formula is C17H20N6O3. The number of aromatic nitrogens is 3. The van der Waals surface area contributed by atoms with E-state index in [-0.39, 0.29) is 13.2 Å². The number of oxime groups is 1. The molecule has 0 saturated carbocycles. The van der Waals surface area contributed by atoms with Gasteiger partial charge in [0, 0.05) is 18.5 Å². The molecule has 1 amide bonds. The SMILES string of the molecule is CC(C)=NOCc1nc2c(N)nc3ccccc3c2n1CCNC(=O)O. The lowest BCUT2D eigenvalue weighted by atomic mass is 10.2. The Morgan fingerprint density at radius 2 is 2.12 bits per heavy atom. The van der Waals surface area contributed by atoms with Gasteiger partial charge < -0.3 is 25.6 Å². The van der Waals surface area contributed by atoms with Gasteiger partial charge in [-0.1, -0.05) is 23.4 Å². The number of anilines is 1. The van der Waals surface area contributed by atoms with E-state index in [9.17, 15) is 4.79 Å². The summed E-state index contributed by atoms with van der Waals surface area (Å²) >= 11 is 0. The van der Waals surface area contributed by atoms with Crippen LogP contribution in [-0.2, 0) is 18.0 Å². The fraction of sp³-hybridized carbons (Fsp3) is 0.294. The summed E-state index contributed by atoms with van der Waals surface area (Å²) in [7, 11) is 0. The highest BCUT2D eigenvalue weighted by Crippen LogP contribution is 2.28. The normalized spacial score (nSPS) is 10.8. The van der Waals surface area contributed by atoms with E-state index in [1.54, 1.807) is 0 Å². The maximum Gasteiger partial charge on any atom is 0.404 e. The van der Waals surface area contributed by atoms with Crippen molar-refractivity contribution in [2.24, 2.45) is 5.16 Å². The largest absolute Gasteiger partial charge is 0.465 e. The van der Waals surface area contributed by atoms with E-state index < -0.39 is 6.09 Å². The summed E-state index contributed by atoms with van der Waals surface area (Å²) in [5.74, 6) is 0.919. The number of pyridine rings is 1. The van der Waals surface area contributed by atoms with Crippen LogP contribution in [-0.4, -0.2) is 38.0 Å². The molecule has 136 valence electrons. The molecule has 0 aliphatic heterocycles. The fourth-order valence-corrected chi connectivity index (χ4v) is 2.75. The molecule has 9 nitrogen and oxygen atoms in total. The number of imidazole rings is 1. The summed E-state index contributed by atoms with van der Waals surface area (Å²) in [6.45, 7) is 4.40. The van der Waals surface area contributed by atoms with Crippen molar-refractivity contribution in [2.45, 2.75) is 27.0 Å². The van der Waals surface area contributed by atoms with Crippen molar-refractivity contribution < 1.29 is 14.7 Å². The highest BCUT2D eigenvalue weighted by Gasteiger charge is 2.17. The van der Waals surface area contributed by atoms with Crippen LogP contribution >= 0.6 is 0 Å². The quantitative estimate of drug-likeness (QED) is 0.459. The number of nitrogens with one attached hydrogen (secondary N) is 1. The first kappa shape index (κ1) is 17.5. The highest BCUT2D eigenvalue weighted by atomic mass is 16.6. The number of nitrogens with zero attached hydrogens (tertiary/aromatic N) is 4. The molecule has 0 radical (unpaired) electrons. The van der Waals surface area contributed by atoms with Gasteiger partial charge in [-0.25, -0.2) is 14.8 Å². The average molecular weight is 356 g/mol. The van der Waals surface area contributed by atoms with Crippen molar-refractivity contribution in [3.05, 3.63) is 30.1 Å². The number of benzene rings is 1. The lowest BCUT2D eigenvalue weighted by Gasteiger charge is -2.10. The van der Waals surface area contributed by atoms with Gasteiger partial charge in [0.2, 0.25) is 0 Å². The second-order valence-electron chi connectivity index (χ2n) is 5.93. The number of nitrogens with two attached hydrogens (primary N) is 1. The summed E-state index contributed by atoms with van der Waals surface area (Å²) in [5.41, 5.74) is 8.99. The molecule has 0 bridgehead atoms. The predicted octanol–water partition coefficient (Wildman–Crippen LogP) is 2.35. The Hall–Kier alpha value is -3.36. The molecule has 3 aromatic rings. The molecule has 0 atom stereocenters. The molecule has 3 rings (SSSR count). The van der Waals surface area contributed by atoms with Gasteiger partial charge in [0.15, 0.2) is 18.2 Å². The van der Waals surface area contributed by atoms with Crippen molar-refractivity contribution in [1.29, 1.82) is 0 Å². The van der Waals surface area contributed by atoms with Gasteiger partial charge in [0.05, 0.1) is 16.7 Å². The Morgan fingerprint density at radius 3 is 2.85 bits per heavy atom. The summed E-state index contributed by atoms with van der Waals surface area (Å²) in [5, 5.41) is 16.0. The molecule has 2 aromatic heterocycles. The molecule has 0 saturated heterocycles. The Balaban J connectivity index is 2.12. The van der Waals surface area contributed by atoms with Crippen LogP contribution in [0.3, 0.4) is 0 Å². The number of amides is 1. The number of rotatable bonds is 6. The third kappa shape index (κ3) is 3.51. The van der Waals surface area contributed by atoms with E-state index in [2.05, 4.69) is 20.4 Å². The first-order valence-electron chi connectivity index (χ1n) is 8.10. The number of fused-ring (bicyclic) bond motifs is 3. The number of para-hydroxylation sites is 1. The monoisotopic (exact) mass is 356 g/mol. The van der Waals surface area contributed by atoms with Crippen molar-refractivity contribution >= 4 is 39.6 Å². The number of carboxylic acid groups (broad SMARTS) is 1. The van der Waals surface area contributed by atoms with Crippen LogP contribution in [0.4, 0.5) is 10.6 Å². The van der Waals surface area contributed by atoms with Gasteiger partial charge in [-0.3, -0.25) is 0 Å². The summed E-state index contributed by atoms with van der Waals surface area (Å²) in [4.78, 5) is 25.1. The lowest BCUT2D eigenvalue weighted by molar-refractivity contribution is 0.122. The van der Waals surface area contributed by atoms with Crippen LogP contribution in [0.15, 0.2) is 29.4 Å². The van der Waals surface area contributed by atoms with Crippen LogP contribution in [0.25, 0.3) is 21.9 Å². The molecule has 2 heterocycles. The zero-order valence-corrected chi connectivity index (χ0v) is 14.6. The standard InChI is InChI=1S/C17H20N6O3/c1-10(2)22-26-9-13-21-14-15(23(13)8-7-19-17(24)25)11-5-3-4-6-12(11)20-16(14)18/h3-6,19H,7-9H2,1-2H3,(H2,18,20)(H,24,25). The second-order valence-corrected chi connectivity index (χ2v) is 5.93. The van der Waals surface area contributed by atoms with Gasteiger partial charge in [-0.2, -0.15) is 0 Å². The first-order valence-corrected chi connectivity index (χ1v) is 8.10. The van der Waals surface area contributed by atoms with Crippen LogP contribution in [0.1, 0.15) is 19.7 Å². The van der Waals surface area contributed by atoms with Crippen LogP contribution in [0.2, 0.25) is 0 Å². The van der Waals surface area contributed by atoms with Gasteiger partial charge in [-0.05, 0) is 19.9 Å². The van der Waals surface area contributed by atoms with Gasteiger partial charge in [0.1, 0.15) is 5.52 Å². The Bertz CT molecular complexity index is 991. The fourth-order valence-electron chi connectivity index (χ4n) is 2.75. The maximum absolute atomic E-state index is 10.8. The zero-order valence-electron chi connectivity index (χ0n) is 14.6. The molecule has 0 aliphatic rings. The Kier molecular flexibility index (Phi) is 4.87. The van der Waals surface area contributed by atoms with Gasteiger partial charge >= 0.3 is 6.09 Å². The second kappa shape index (κ2) is 7.26. The number of hydrogen-bond acceptors (Lipinski definition) is 6. The van der Waals surface area contributed by atoms with Crippen molar-refractivity contribution in [2.75, 3.05) is 12.3 Å². The first-order chi connectivity index (χ1) is 12.5. The number of carbonyl (C=O) groups is 1. The van der Waals surface area contributed by atoms with E-state index in [0.29, 0.717) is 23.7 Å². The van der Waals surface area contributed by atoms with E-state index >= 15 is 0 Å². The topological polar surface area (TPSA) is 128 Å². The molecule has 0 aliphatic carbocycles. The Morgan fingerprint density at radius 1 is 1.35 bits per heavy atom. The average Bonchev–Trinajstić information content (AvgIpc) is 2.94. The van der Waals surface area contributed by atoms with Crippen LogP contribution < -0.4 is 11.1 Å². The lowest BCUT2D eigenvalue weighted by Crippen LogP contribution is -2.25. The van der Waals surface area contributed by atoms with E-state index in [1.165, 1.54) is 0 Å². The third-order valence-electron chi connectivity index (χ3n) is 3.74. The van der Waals surface area contributed by atoms with Gasteiger partial charge in [0.25, 0.3) is 0 Å². The summed E-state index contributed by atoms with van der Waals surface area (Å²) in [6, 6.07) is 7.61. The molecular weight excluding hydrogens is 336 g/mol. The van der Waals surface area contributed by atoms with Gasteiger partial charge in [-0.15, -0.1) is 0 Å². The number of hydrogen-bond donors (Lipinski definition) is 3. The molecule has 0 spiro atoms. The van der Waals surface area contributed by atoms with Crippen molar-refractivity contribution in [3.8, 4) is 0 Å².